The summed E-state index contributed by atoms with van der Waals surface area (Å²) in [4.78, 5) is 0.233. The lowest BCUT2D eigenvalue weighted by Crippen LogP contribution is -2.13. The van der Waals surface area contributed by atoms with E-state index in [-0.39, 0.29) is 4.90 Å². The molecule has 0 fully saturated rings. The predicted molar refractivity (Wildman–Crippen MR) is 95.6 cm³/mol. The van der Waals surface area contributed by atoms with Crippen molar-refractivity contribution in [3.63, 3.8) is 0 Å². The molecule has 0 aliphatic rings. The lowest BCUT2D eigenvalue weighted by Gasteiger charge is -2.12. The molecule has 1 heterocycles. The van der Waals surface area contributed by atoms with Crippen LogP contribution in [0.4, 0.5) is 5.69 Å². The molecule has 3 rings (SSSR count). The molecule has 0 amide bonds. The van der Waals surface area contributed by atoms with E-state index in [1.165, 1.54) is 0 Å². The average Bonchev–Trinajstić information content (AvgIpc) is 2.94. The summed E-state index contributed by atoms with van der Waals surface area (Å²) in [5, 5.41) is 0. The van der Waals surface area contributed by atoms with Gasteiger partial charge in [-0.05, 0) is 62.7 Å². The van der Waals surface area contributed by atoms with Crippen molar-refractivity contribution in [2.45, 2.75) is 25.7 Å². The fourth-order valence-corrected chi connectivity index (χ4v) is 3.53. The van der Waals surface area contributed by atoms with Crippen LogP contribution in [0, 0.1) is 20.8 Å². The average molecular weight is 341 g/mol. The maximum atomic E-state index is 12.7. The number of hydrogen-bond acceptors (Lipinski definition) is 3. The number of furan rings is 1. The first kappa shape index (κ1) is 16.3. The highest BCUT2D eigenvalue weighted by atomic mass is 32.2. The van der Waals surface area contributed by atoms with Crippen LogP contribution in [0.15, 0.2) is 63.9 Å². The highest BCUT2D eigenvalue weighted by Crippen LogP contribution is 2.32. The van der Waals surface area contributed by atoms with Crippen molar-refractivity contribution in [1.82, 2.24) is 0 Å². The number of hydrogen-bond donors (Lipinski definition) is 1. The van der Waals surface area contributed by atoms with Gasteiger partial charge in [0.25, 0.3) is 10.0 Å². The number of anilines is 1. The van der Waals surface area contributed by atoms with E-state index in [1.54, 1.807) is 30.3 Å². The van der Waals surface area contributed by atoms with Crippen LogP contribution in [0.5, 0.6) is 0 Å². The Balaban J connectivity index is 2.03. The Hall–Kier alpha value is -2.53. The second-order valence-corrected chi connectivity index (χ2v) is 7.56. The molecule has 0 atom stereocenters. The van der Waals surface area contributed by atoms with E-state index in [9.17, 15) is 8.42 Å². The molecule has 0 spiro atoms. The minimum atomic E-state index is -3.66. The third-order valence-corrected chi connectivity index (χ3v) is 5.14. The van der Waals surface area contributed by atoms with E-state index in [2.05, 4.69) is 4.72 Å². The molecule has 0 saturated carbocycles. The Morgan fingerprint density at radius 2 is 1.50 bits per heavy atom. The largest absolute Gasteiger partial charge is 0.461 e. The lowest BCUT2D eigenvalue weighted by molar-refractivity contribution is 0.548. The Kier molecular flexibility index (Phi) is 4.20. The molecule has 124 valence electrons. The van der Waals surface area contributed by atoms with Crippen LogP contribution in [0.2, 0.25) is 0 Å². The van der Waals surface area contributed by atoms with Gasteiger partial charge in [0.1, 0.15) is 11.5 Å². The van der Waals surface area contributed by atoms with Crippen molar-refractivity contribution >= 4 is 15.7 Å². The van der Waals surface area contributed by atoms with Gasteiger partial charge < -0.3 is 4.42 Å². The summed E-state index contributed by atoms with van der Waals surface area (Å²) in [7, 11) is -3.66. The summed E-state index contributed by atoms with van der Waals surface area (Å²) < 4.78 is 33.7. The maximum absolute atomic E-state index is 12.7. The van der Waals surface area contributed by atoms with Crippen molar-refractivity contribution in [2.24, 2.45) is 0 Å². The second-order valence-electron chi connectivity index (χ2n) is 5.88. The van der Waals surface area contributed by atoms with Gasteiger partial charge in [0.2, 0.25) is 0 Å². The molecule has 0 unspecified atom stereocenters. The van der Waals surface area contributed by atoms with Gasteiger partial charge in [-0.1, -0.05) is 23.8 Å². The Morgan fingerprint density at radius 1 is 0.833 bits per heavy atom. The third kappa shape index (κ3) is 3.36. The van der Waals surface area contributed by atoms with E-state index in [1.807, 2.05) is 45.0 Å². The third-order valence-electron chi connectivity index (χ3n) is 3.76. The van der Waals surface area contributed by atoms with Crippen molar-refractivity contribution in [3.8, 4) is 11.3 Å². The Labute approximate surface area is 142 Å². The van der Waals surface area contributed by atoms with Gasteiger partial charge in [-0.2, -0.15) is 0 Å². The van der Waals surface area contributed by atoms with Gasteiger partial charge in [-0.3, -0.25) is 4.72 Å². The zero-order valence-electron chi connectivity index (χ0n) is 13.8. The molecule has 24 heavy (non-hydrogen) atoms. The smallest absolute Gasteiger partial charge is 0.261 e. The minimum Gasteiger partial charge on any atom is -0.461 e. The predicted octanol–water partition coefficient (Wildman–Crippen LogP) is 4.67. The molecule has 0 radical (unpaired) electrons. The van der Waals surface area contributed by atoms with Gasteiger partial charge >= 0.3 is 0 Å². The zero-order chi connectivity index (χ0) is 17.3. The van der Waals surface area contributed by atoms with Gasteiger partial charge in [-0.25, -0.2) is 8.42 Å². The van der Waals surface area contributed by atoms with Crippen LogP contribution < -0.4 is 4.72 Å². The first-order valence-corrected chi connectivity index (χ1v) is 9.10. The number of benzene rings is 2. The van der Waals surface area contributed by atoms with E-state index in [0.717, 1.165) is 16.9 Å². The topological polar surface area (TPSA) is 59.3 Å². The highest BCUT2D eigenvalue weighted by molar-refractivity contribution is 7.92. The van der Waals surface area contributed by atoms with Crippen molar-refractivity contribution in [1.29, 1.82) is 0 Å². The molecular formula is C19H19NO3S. The van der Waals surface area contributed by atoms with Gasteiger partial charge in [0.15, 0.2) is 0 Å². The molecule has 3 aromatic rings. The number of sulfonamides is 1. The quantitative estimate of drug-likeness (QED) is 0.750. The van der Waals surface area contributed by atoms with E-state index < -0.39 is 10.0 Å². The normalized spacial score (nSPS) is 11.5. The standard InChI is InChI=1S/C19H19NO3S/c1-13-4-8-16(9-5-13)24(21,22)20-18-12-14(2)6-10-17(18)19-11-7-15(3)23-19/h4-12,20H,1-3H3. The fraction of sp³-hybridized carbons (Fsp3) is 0.158. The monoisotopic (exact) mass is 341 g/mol. The molecule has 0 aliphatic carbocycles. The summed E-state index contributed by atoms with van der Waals surface area (Å²) in [6.07, 6.45) is 0. The van der Waals surface area contributed by atoms with Crippen LogP contribution >= 0.6 is 0 Å². The van der Waals surface area contributed by atoms with E-state index in [0.29, 0.717) is 17.0 Å². The Bertz CT molecular complexity index is 970. The van der Waals surface area contributed by atoms with Crippen LogP contribution in [0.25, 0.3) is 11.3 Å². The number of aryl methyl sites for hydroxylation is 3. The highest BCUT2D eigenvalue weighted by Gasteiger charge is 2.17. The lowest BCUT2D eigenvalue weighted by atomic mass is 10.1. The van der Waals surface area contributed by atoms with Crippen molar-refractivity contribution in [2.75, 3.05) is 4.72 Å². The zero-order valence-corrected chi connectivity index (χ0v) is 14.6. The minimum absolute atomic E-state index is 0.233. The molecular weight excluding hydrogens is 322 g/mol. The molecule has 2 aromatic carbocycles. The van der Waals surface area contributed by atoms with Crippen molar-refractivity contribution in [3.05, 3.63) is 71.5 Å². The Morgan fingerprint density at radius 3 is 2.12 bits per heavy atom. The van der Waals surface area contributed by atoms with Gasteiger partial charge in [0, 0.05) is 5.56 Å². The summed E-state index contributed by atoms with van der Waals surface area (Å²) in [6.45, 7) is 5.69. The molecule has 0 saturated heterocycles. The fourth-order valence-electron chi connectivity index (χ4n) is 2.46. The maximum Gasteiger partial charge on any atom is 0.261 e. The molecule has 0 bridgehead atoms. The van der Waals surface area contributed by atoms with Crippen LogP contribution in [0.3, 0.4) is 0 Å². The van der Waals surface area contributed by atoms with E-state index >= 15 is 0 Å². The van der Waals surface area contributed by atoms with Crippen molar-refractivity contribution < 1.29 is 12.8 Å². The summed E-state index contributed by atoms with van der Waals surface area (Å²) >= 11 is 0. The summed E-state index contributed by atoms with van der Waals surface area (Å²) in [5.41, 5.74) is 3.19. The van der Waals surface area contributed by atoms with E-state index in [4.69, 9.17) is 4.42 Å². The molecule has 1 aromatic heterocycles. The summed E-state index contributed by atoms with van der Waals surface area (Å²) in [5.74, 6) is 1.41. The van der Waals surface area contributed by atoms with Crippen LogP contribution in [0.1, 0.15) is 16.9 Å². The van der Waals surface area contributed by atoms with Crippen LogP contribution in [-0.2, 0) is 10.0 Å². The number of nitrogens with one attached hydrogen (secondary N) is 1. The first-order chi connectivity index (χ1) is 11.3. The number of rotatable bonds is 4. The first-order valence-electron chi connectivity index (χ1n) is 7.62. The summed E-state index contributed by atoms with van der Waals surface area (Å²) in [6, 6.07) is 16.0. The van der Waals surface area contributed by atoms with Crippen LogP contribution in [-0.4, -0.2) is 8.42 Å². The van der Waals surface area contributed by atoms with Gasteiger partial charge in [-0.15, -0.1) is 0 Å². The molecule has 1 N–H and O–H groups in total. The second kappa shape index (κ2) is 6.17. The molecule has 5 heteroatoms. The SMILES string of the molecule is Cc1ccc(S(=O)(=O)Nc2cc(C)ccc2-c2ccc(C)o2)cc1. The molecule has 4 nitrogen and oxygen atoms in total. The molecule has 0 aliphatic heterocycles. The van der Waals surface area contributed by atoms with Gasteiger partial charge in [0.05, 0.1) is 10.6 Å².